The zero-order valence-electron chi connectivity index (χ0n) is 15.7. The third kappa shape index (κ3) is 2.21. The predicted octanol–water partition coefficient (Wildman–Crippen LogP) is 3.92. The number of rotatable bonds is 2. The molecule has 6 rings (SSSR count). The summed E-state index contributed by atoms with van der Waals surface area (Å²) in [6.07, 6.45) is 2.65. The lowest BCUT2D eigenvalue weighted by molar-refractivity contribution is -0.134. The molecule has 1 saturated heterocycles. The van der Waals surface area contributed by atoms with E-state index in [0.29, 0.717) is 13.2 Å². The minimum atomic E-state index is -0.437. The van der Waals surface area contributed by atoms with E-state index in [-0.39, 0.29) is 11.5 Å². The van der Waals surface area contributed by atoms with Crippen LogP contribution in [0.2, 0.25) is 0 Å². The van der Waals surface area contributed by atoms with E-state index in [9.17, 15) is 4.79 Å². The lowest BCUT2D eigenvalue weighted by atomic mass is 9.91. The SMILES string of the molecule is O=C(N1CCC2(C1)OCc1ccccc12)C1(c2ccc3ccccc3n2)CC1. The smallest absolute Gasteiger partial charge is 0.234 e. The van der Waals surface area contributed by atoms with Gasteiger partial charge in [-0.15, -0.1) is 0 Å². The molecular formula is C24H22N2O2. The van der Waals surface area contributed by atoms with E-state index in [2.05, 4.69) is 36.4 Å². The molecular weight excluding hydrogens is 348 g/mol. The summed E-state index contributed by atoms with van der Waals surface area (Å²) in [4.78, 5) is 20.4. The second-order valence-electron chi connectivity index (χ2n) is 8.39. The number of benzene rings is 2. The minimum Gasteiger partial charge on any atom is -0.364 e. The van der Waals surface area contributed by atoms with Gasteiger partial charge in [-0.2, -0.15) is 0 Å². The maximum absolute atomic E-state index is 13.5. The first-order valence-electron chi connectivity index (χ1n) is 10.1. The summed E-state index contributed by atoms with van der Waals surface area (Å²) in [7, 11) is 0. The predicted molar refractivity (Wildman–Crippen MR) is 107 cm³/mol. The number of carbonyl (C=O) groups excluding carboxylic acids is 1. The fraction of sp³-hybridized carbons (Fsp3) is 0.333. The highest BCUT2D eigenvalue weighted by molar-refractivity contribution is 5.92. The molecule has 3 aliphatic rings. The number of nitrogens with zero attached hydrogens (tertiary/aromatic N) is 2. The first-order chi connectivity index (χ1) is 13.7. The average molecular weight is 370 g/mol. The van der Waals surface area contributed by atoms with Crippen molar-refractivity contribution in [3.63, 3.8) is 0 Å². The minimum absolute atomic E-state index is 0.222. The van der Waals surface area contributed by atoms with Crippen LogP contribution in [0.15, 0.2) is 60.7 Å². The van der Waals surface area contributed by atoms with Gasteiger partial charge in [0.25, 0.3) is 0 Å². The molecule has 1 aromatic heterocycles. The van der Waals surface area contributed by atoms with Gasteiger partial charge in [0.2, 0.25) is 5.91 Å². The average Bonchev–Trinajstić information content (AvgIpc) is 3.33. The maximum Gasteiger partial charge on any atom is 0.234 e. The maximum atomic E-state index is 13.5. The number of hydrogen-bond donors (Lipinski definition) is 0. The van der Waals surface area contributed by atoms with Crippen LogP contribution in [0.5, 0.6) is 0 Å². The normalized spacial score (nSPS) is 24.6. The van der Waals surface area contributed by atoms with Gasteiger partial charge in [0, 0.05) is 11.9 Å². The van der Waals surface area contributed by atoms with E-state index in [1.807, 2.05) is 29.2 Å². The van der Waals surface area contributed by atoms with E-state index in [1.165, 1.54) is 11.1 Å². The van der Waals surface area contributed by atoms with Crippen molar-refractivity contribution in [1.29, 1.82) is 0 Å². The molecule has 4 heteroatoms. The van der Waals surface area contributed by atoms with Crippen LogP contribution >= 0.6 is 0 Å². The number of para-hydroxylation sites is 1. The molecule has 3 heterocycles. The van der Waals surface area contributed by atoms with E-state index in [0.717, 1.165) is 42.4 Å². The van der Waals surface area contributed by atoms with E-state index >= 15 is 0 Å². The number of likely N-dealkylation sites (tertiary alicyclic amines) is 1. The van der Waals surface area contributed by atoms with Crippen molar-refractivity contribution in [3.8, 4) is 0 Å². The molecule has 28 heavy (non-hydrogen) atoms. The van der Waals surface area contributed by atoms with Gasteiger partial charge >= 0.3 is 0 Å². The third-order valence-electron chi connectivity index (χ3n) is 6.78. The van der Waals surface area contributed by atoms with Crippen LogP contribution in [-0.4, -0.2) is 28.9 Å². The van der Waals surface area contributed by atoms with E-state index in [4.69, 9.17) is 9.72 Å². The van der Waals surface area contributed by atoms with Crippen LogP contribution in [0.25, 0.3) is 10.9 Å². The molecule has 0 N–H and O–H groups in total. The van der Waals surface area contributed by atoms with Crippen LogP contribution in [0.3, 0.4) is 0 Å². The van der Waals surface area contributed by atoms with Gasteiger partial charge in [0.05, 0.1) is 29.8 Å². The lowest BCUT2D eigenvalue weighted by Gasteiger charge is -2.27. The molecule has 1 spiro atoms. The molecule has 1 amide bonds. The molecule has 1 atom stereocenters. The number of carbonyl (C=O) groups is 1. The van der Waals surface area contributed by atoms with Gasteiger partial charge in [0.1, 0.15) is 5.60 Å². The molecule has 3 aromatic rings. The molecule has 1 unspecified atom stereocenters. The molecule has 1 aliphatic carbocycles. The van der Waals surface area contributed by atoms with Crippen molar-refractivity contribution in [2.45, 2.75) is 36.9 Å². The number of aromatic nitrogens is 1. The van der Waals surface area contributed by atoms with E-state index in [1.54, 1.807) is 0 Å². The zero-order valence-corrected chi connectivity index (χ0v) is 15.7. The second-order valence-corrected chi connectivity index (χ2v) is 8.39. The highest BCUT2D eigenvalue weighted by atomic mass is 16.5. The number of fused-ring (bicyclic) bond motifs is 3. The zero-order chi connectivity index (χ0) is 18.8. The molecule has 0 radical (unpaired) electrons. The standard InChI is InChI=1S/C24H22N2O2/c27-22(23(11-12-23)21-10-9-17-5-2-4-8-20(17)25-21)26-14-13-24(16-26)19-7-3-1-6-18(19)15-28-24/h1-10H,11-16H2. The Morgan fingerprint density at radius 3 is 2.68 bits per heavy atom. The van der Waals surface area contributed by atoms with E-state index < -0.39 is 5.41 Å². The monoisotopic (exact) mass is 370 g/mol. The van der Waals surface area contributed by atoms with Crippen molar-refractivity contribution in [2.75, 3.05) is 13.1 Å². The Hall–Kier alpha value is -2.72. The van der Waals surface area contributed by atoms with Crippen LogP contribution < -0.4 is 0 Å². The quantitative estimate of drug-likeness (QED) is 0.687. The molecule has 0 bridgehead atoms. The third-order valence-corrected chi connectivity index (χ3v) is 6.78. The van der Waals surface area contributed by atoms with Crippen LogP contribution in [0, 0.1) is 0 Å². The molecule has 2 fully saturated rings. The summed E-state index contributed by atoms with van der Waals surface area (Å²) in [5, 5.41) is 1.12. The van der Waals surface area contributed by atoms with Crippen molar-refractivity contribution >= 4 is 16.8 Å². The molecule has 140 valence electrons. The van der Waals surface area contributed by atoms with Crippen LogP contribution in [0.1, 0.15) is 36.1 Å². The van der Waals surface area contributed by atoms with Gasteiger partial charge in [-0.1, -0.05) is 48.5 Å². The first-order valence-corrected chi connectivity index (χ1v) is 10.1. The lowest BCUT2D eigenvalue weighted by Crippen LogP contribution is -2.40. The number of ether oxygens (including phenoxy) is 1. The van der Waals surface area contributed by atoms with Gasteiger partial charge < -0.3 is 9.64 Å². The number of pyridine rings is 1. The fourth-order valence-electron chi connectivity index (χ4n) is 5.02. The summed E-state index contributed by atoms with van der Waals surface area (Å²) < 4.78 is 6.24. The Morgan fingerprint density at radius 2 is 1.79 bits per heavy atom. The topological polar surface area (TPSA) is 42.4 Å². The second kappa shape index (κ2) is 5.65. The van der Waals surface area contributed by atoms with Crippen molar-refractivity contribution in [2.24, 2.45) is 0 Å². The number of amides is 1. The van der Waals surface area contributed by atoms with Crippen LogP contribution in [0.4, 0.5) is 0 Å². The number of hydrogen-bond acceptors (Lipinski definition) is 3. The molecule has 2 aliphatic heterocycles. The Morgan fingerprint density at radius 1 is 0.964 bits per heavy atom. The molecule has 4 nitrogen and oxygen atoms in total. The largest absolute Gasteiger partial charge is 0.364 e. The highest BCUT2D eigenvalue weighted by Gasteiger charge is 2.57. The summed E-state index contributed by atoms with van der Waals surface area (Å²) in [5.74, 6) is 0.222. The van der Waals surface area contributed by atoms with Gasteiger partial charge in [0.15, 0.2) is 0 Å². The van der Waals surface area contributed by atoms with Crippen molar-refractivity contribution in [1.82, 2.24) is 9.88 Å². The Balaban J connectivity index is 1.30. The summed E-state index contributed by atoms with van der Waals surface area (Å²) >= 11 is 0. The highest BCUT2D eigenvalue weighted by Crippen LogP contribution is 2.51. The molecule has 2 aromatic carbocycles. The van der Waals surface area contributed by atoms with Crippen LogP contribution in [-0.2, 0) is 27.2 Å². The fourth-order valence-corrected chi connectivity index (χ4v) is 5.02. The summed E-state index contributed by atoms with van der Waals surface area (Å²) in [6, 6.07) is 20.7. The van der Waals surface area contributed by atoms with Crippen molar-refractivity contribution < 1.29 is 9.53 Å². The van der Waals surface area contributed by atoms with Gasteiger partial charge in [-0.3, -0.25) is 9.78 Å². The molecule has 1 saturated carbocycles. The summed E-state index contributed by atoms with van der Waals surface area (Å²) in [5.41, 5.74) is 3.65. The summed E-state index contributed by atoms with van der Waals surface area (Å²) in [6.45, 7) is 2.05. The Labute approximate surface area is 164 Å². The van der Waals surface area contributed by atoms with Gasteiger partial charge in [-0.25, -0.2) is 0 Å². The Bertz CT molecular complexity index is 1100. The Kier molecular flexibility index (Phi) is 3.28. The van der Waals surface area contributed by atoms with Gasteiger partial charge in [-0.05, 0) is 42.5 Å². The first kappa shape index (κ1) is 16.3. The van der Waals surface area contributed by atoms with Crippen molar-refractivity contribution in [3.05, 3.63) is 77.5 Å².